The molecule has 3 aromatic carbocycles. The lowest BCUT2D eigenvalue weighted by Gasteiger charge is -2.44. The van der Waals surface area contributed by atoms with E-state index in [1.807, 2.05) is 39.0 Å². The van der Waals surface area contributed by atoms with Gasteiger partial charge in [0.05, 0.1) is 17.0 Å². The molecule has 5 heteroatoms. The van der Waals surface area contributed by atoms with Crippen LogP contribution in [0.25, 0.3) is 10.9 Å². The molecule has 194 valence electrons. The van der Waals surface area contributed by atoms with Crippen molar-refractivity contribution in [1.29, 1.82) is 0 Å². The number of hydrogen-bond acceptors (Lipinski definition) is 3. The van der Waals surface area contributed by atoms with Crippen LogP contribution < -0.4 is 15.1 Å². The topological polar surface area (TPSA) is 40.5 Å². The maximum Gasteiger partial charge on any atom is 0.316 e. The Labute approximate surface area is 222 Å². The minimum Gasteiger partial charge on any atom is -0.426 e. The quantitative estimate of drug-likeness (QED) is 0.160. The monoisotopic (exact) mass is 513 g/mol. The Morgan fingerprint density at radius 3 is 1.92 bits per heavy atom. The van der Waals surface area contributed by atoms with Crippen molar-refractivity contribution in [3.05, 3.63) is 91.1 Å². The summed E-state index contributed by atoms with van der Waals surface area (Å²) < 4.78 is 15.2. The van der Waals surface area contributed by atoms with Gasteiger partial charge in [-0.25, -0.2) is 0 Å². The normalized spacial score (nSPS) is 13.5. The molecule has 4 rings (SSSR count). The minimum atomic E-state index is -2.65. The average molecular weight is 514 g/mol. The summed E-state index contributed by atoms with van der Waals surface area (Å²) in [6, 6.07) is 29.4. The van der Waals surface area contributed by atoms with Gasteiger partial charge in [0, 0.05) is 18.8 Å². The van der Waals surface area contributed by atoms with Crippen LogP contribution in [0.1, 0.15) is 48.5 Å². The first-order valence-electron chi connectivity index (χ1n) is 13.0. The molecular weight excluding hydrogens is 474 g/mol. The summed E-state index contributed by atoms with van der Waals surface area (Å²) in [6.45, 7) is 15.3. The smallest absolute Gasteiger partial charge is 0.316 e. The number of ether oxygens (including phenoxy) is 1. The number of carbonyl (C=O) groups excluding carboxylic acids is 1. The molecule has 1 atom stereocenters. The van der Waals surface area contributed by atoms with E-state index in [-0.39, 0.29) is 17.1 Å². The average Bonchev–Trinajstić information content (AvgIpc) is 3.24. The molecule has 0 aliphatic heterocycles. The van der Waals surface area contributed by atoms with E-state index in [0.29, 0.717) is 12.3 Å². The molecule has 0 radical (unpaired) electrons. The molecule has 0 N–H and O–H groups in total. The van der Waals surface area contributed by atoms with Gasteiger partial charge in [-0.1, -0.05) is 81.4 Å². The molecule has 0 bridgehead atoms. The third-order valence-electron chi connectivity index (χ3n) is 6.82. The van der Waals surface area contributed by atoms with Crippen molar-refractivity contribution in [2.45, 2.75) is 66.2 Å². The summed E-state index contributed by atoms with van der Waals surface area (Å²) in [6.07, 6.45) is 2.04. The van der Waals surface area contributed by atoms with Gasteiger partial charge < -0.3 is 13.7 Å². The van der Waals surface area contributed by atoms with E-state index >= 15 is 0 Å². The van der Waals surface area contributed by atoms with Gasteiger partial charge in [-0.3, -0.25) is 4.79 Å². The van der Waals surface area contributed by atoms with Gasteiger partial charge in [0.1, 0.15) is 5.75 Å². The number of carbonyl (C=O) groups is 1. The zero-order valence-corrected chi connectivity index (χ0v) is 24.1. The fourth-order valence-electron chi connectivity index (χ4n) is 4.95. The molecule has 0 fully saturated rings. The van der Waals surface area contributed by atoms with Crippen molar-refractivity contribution in [3.63, 3.8) is 0 Å². The highest BCUT2D eigenvalue weighted by Crippen LogP contribution is 2.38. The zero-order chi connectivity index (χ0) is 26.8. The summed E-state index contributed by atoms with van der Waals surface area (Å²) in [4.78, 5) is 12.4. The Morgan fingerprint density at radius 1 is 0.838 bits per heavy atom. The minimum absolute atomic E-state index is 0.0531. The molecular formula is C32H39NO3Si. The Bertz CT molecular complexity index is 1310. The van der Waals surface area contributed by atoms with Crippen LogP contribution in [0, 0.1) is 5.41 Å². The lowest BCUT2D eigenvalue weighted by molar-refractivity contribution is -0.142. The SMILES string of the molecule is CC(Cn1ccc2ccc(OC(=O)C(C)(C)C)cc21)O[Si](c1ccccc1)(c1ccccc1)C(C)(C)C. The van der Waals surface area contributed by atoms with Crippen LogP contribution in [0.2, 0.25) is 5.04 Å². The first-order chi connectivity index (χ1) is 17.4. The molecule has 0 amide bonds. The maximum atomic E-state index is 12.4. The van der Waals surface area contributed by atoms with Crippen LogP contribution in [-0.2, 0) is 15.8 Å². The lowest BCUT2D eigenvalue weighted by atomic mass is 9.97. The van der Waals surface area contributed by atoms with Gasteiger partial charge in [-0.2, -0.15) is 0 Å². The third kappa shape index (κ3) is 5.58. The highest BCUT2D eigenvalue weighted by atomic mass is 28.4. The largest absolute Gasteiger partial charge is 0.426 e. The first kappa shape index (κ1) is 26.9. The van der Waals surface area contributed by atoms with Crippen LogP contribution in [0.15, 0.2) is 91.1 Å². The predicted molar refractivity (Wildman–Crippen MR) is 155 cm³/mol. The molecule has 4 nitrogen and oxygen atoms in total. The van der Waals surface area contributed by atoms with Gasteiger partial charge in [0.25, 0.3) is 8.32 Å². The van der Waals surface area contributed by atoms with E-state index < -0.39 is 13.7 Å². The number of esters is 1. The molecule has 4 aromatic rings. The van der Waals surface area contributed by atoms with Crippen molar-refractivity contribution < 1.29 is 14.0 Å². The summed E-state index contributed by atoms with van der Waals surface area (Å²) in [5.41, 5.74) is 0.465. The summed E-state index contributed by atoms with van der Waals surface area (Å²) >= 11 is 0. The number of nitrogens with zero attached hydrogens (tertiary/aromatic N) is 1. The number of rotatable bonds is 7. The van der Waals surface area contributed by atoms with Gasteiger partial charge >= 0.3 is 5.97 Å². The summed E-state index contributed by atoms with van der Waals surface area (Å²) in [5, 5.41) is 3.56. The fourth-order valence-corrected chi connectivity index (χ4v) is 9.65. The van der Waals surface area contributed by atoms with Gasteiger partial charge in [0.15, 0.2) is 0 Å². The molecule has 0 saturated carbocycles. The molecule has 1 aromatic heterocycles. The van der Waals surface area contributed by atoms with Crippen LogP contribution in [-0.4, -0.2) is 25.0 Å². The van der Waals surface area contributed by atoms with Crippen LogP contribution >= 0.6 is 0 Å². The van der Waals surface area contributed by atoms with Crippen LogP contribution in [0.4, 0.5) is 0 Å². The predicted octanol–water partition coefficient (Wildman–Crippen LogP) is 6.56. The van der Waals surface area contributed by atoms with E-state index in [9.17, 15) is 4.79 Å². The third-order valence-corrected chi connectivity index (χ3v) is 12.0. The highest BCUT2D eigenvalue weighted by Gasteiger charge is 2.51. The van der Waals surface area contributed by atoms with E-state index in [2.05, 4.69) is 105 Å². The molecule has 0 saturated heterocycles. The summed E-state index contributed by atoms with van der Waals surface area (Å²) in [7, 11) is -2.65. The number of hydrogen-bond donors (Lipinski definition) is 0. The molecule has 0 spiro atoms. The highest BCUT2D eigenvalue weighted by molar-refractivity contribution is 6.99. The molecule has 1 unspecified atom stereocenters. The second-order valence-corrected chi connectivity index (χ2v) is 16.2. The second-order valence-electron chi connectivity index (χ2n) is 11.9. The van der Waals surface area contributed by atoms with E-state index in [1.165, 1.54) is 10.4 Å². The van der Waals surface area contributed by atoms with E-state index in [4.69, 9.17) is 9.16 Å². The van der Waals surface area contributed by atoms with Crippen molar-refractivity contribution in [1.82, 2.24) is 4.57 Å². The Balaban J connectivity index is 1.68. The number of fused-ring (bicyclic) bond motifs is 1. The molecule has 1 heterocycles. The lowest BCUT2D eigenvalue weighted by Crippen LogP contribution is -2.67. The Morgan fingerprint density at radius 2 is 1.41 bits per heavy atom. The number of aromatic nitrogens is 1. The second kappa shape index (κ2) is 10.3. The summed E-state index contributed by atoms with van der Waals surface area (Å²) in [5.74, 6) is 0.321. The Hall–Kier alpha value is -3.15. The van der Waals surface area contributed by atoms with Crippen molar-refractivity contribution >= 4 is 35.6 Å². The van der Waals surface area contributed by atoms with E-state index in [1.54, 1.807) is 0 Å². The first-order valence-corrected chi connectivity index (χ1v) is 14.9. The van der Waals surface area contributed by atoms with Crippen LogP contribution in [0.5, 0.6) is 5.75 Å². The maximum absolute atomic E-state index is 12.4. The zero-order valence-electron chi connectivity index (χ0n) is 23.1. The number of benzene rings is 3. The van der Waals surface area contributed by atoms with Gasteiger partial charge in [0.2, 0.25) is 0 Å². The van der Waals surface area contributed by atoms with E-state index in [0.717, 1.165) is 10.9 Å². The van der Waals surface area contributed by atoms with Crippen molar-refractivity contribution in [3.8, 4) is 5.75 Å². The molecule has 0 aliphatic rings. The van der Waals surface area contributed by atoms with Crippen LogP contribution in [0.3, 0.4) is 0 Å². The Kier molecular flexibility index (Phi) is 7.49. The van der Waals surface area contributed by atoms with Crippen molar-refractivity contribution in [2.24, 2.45) is 5.41 Å². The standard InChI is InChI=1S/C32H39NO3Si/c1-24(23-33-21-20-25-18-19-26(22-29(25)33)35-30(34)31(2,3)4)36-37(32(5,6)7,27-14-10-8-11-15-27)28-16-12-9-13-17-28/h8-22,24H,23H2,1-7H3. The van der Waals surface area contributed by atoms with Gasteiger partial charge in [-0.05, 0) is 66.7 Å². The molecule has 0 aliphatic carbocycles. The molecule has 37 heavy (non-hydrogen) atoms. The fraction of sp³-hybridized carbons (Fsp3) is 0.344. The van der Waals surface area contributed by atoms with Gasteiger partial charge in [-0.15, -0.1) is 0 Å². The van der Waals surface area contributed by atoms with Crippen molar-refractivity contribution in [2.75, 3.05) is 0 Å².